The Bertz CT molecular complexity index is 2480. The number of halogens is 2. The molecule has 2 saturated carbocycles. The van der Waals surface area contributed by atoms with Gasteiger partial charge in [0.25, 0.3) is 5.91 Å². The van der Waals surface area contributed by atoms with Crippen LogP contribution < -0.4 is 25.6 Å². The number of imide groups is 1. The van der Waals surface area contributed by atoms with Crippen molar-refractivity contribution < 1.29 is 23.5 Å². The van der Waals surface area contributed by atoms with E-state index in [2.05, 4.69) is 55.0 Å². The molecular weight excluding hydrogens is 773 g/mol. The van der Waals surface area contributed by atoms with Crippen molar-refractivity contribution in [3.8, 4) is 17.0 Å². The van der Waals surface area contributed by atoms with E-state index in [-0.39, 0.29) is 23.6 Å². The molecule has 1 spiro atoms. The van der Waals surface area contributed by atoms with Crippen LogP contribution >= 0.6 is 11.6 Å². The van der Waals surface area contributed by atoms with Crippen molar-refractivity contribution in [2.75, 3.05) is 36.9 Å². The number of rotatable bonds is 10. The SMILES string of the molecule is CNc1cc(N2CCc3c(-c4ccc(CN5CC6(CCC(Oc7ccc(Cl)c(C8CCC(=O)NC8=O)c7)CC6)C5)cn4)cccc32)nn2c(C(=O)NC3C[C@@H]3F)cnc12. The summed E-state index contributed by atoms with van der Waals surface area (Å²) in [5, 5.41) is 13.7. The van der Waals surface area contributed by atoms with Crippen LogP contribution in [-0.4, -0.2) is 87.2 Å². The van der Waals surface area contributed by atoms with Crippen LogP contribution in [0.3, 0.4) is 0 Å². The number of pyridine rings is 1. The molecule has 4 fully saturated rings. The van der Waals surface area contributed by atoms with Crippen LogP contribution in [0.15, 0.2) is 67.0 Å². The molecule has 3 atom stereocenters. The van der Waals surface area contributed by atoms with E-state index in [1.807, 2.05) is 37.5 Å². The maximum absolute atomic E-state index is 13.6. The number of ether oxygens (including phenoxy) is 1. The van der Waals surface area contributed by atoms with Gasteiger partial charge in [0.05, 0.1) is 35.6 Å². The number of fused-ring (bicyclic) bond motifs is 2. The lowest BCUT2D eigenvalue weighted by molar-refractivity contribution is -0.134. The summed E-state index contributed by atoms with van der Waals surface area (Å²) in [4.78, 5) is 51.2. The van der Waals surface area contributed by atoms with Crippen molar-refractivity contribution in [2.45, 2.75) is 82.1 Å². The quantitative estimate of drug-likeness (QED) is 0.136. The summed E-state index contributed by atoms with van der Waals surface area (Å²) in [5.74, 6) is 0.0144. The number of amides is 3. The first-order valence-electron chi connectivity index (χ1n) is 20.5. The second kappa shape index (κ2) is 14.9. The lowest BCUT2D eigenvalue weighted by Gasteiger charge is -2.53. The molecule has 0 bridgehead atoms. The fourth-order valence-corrected chi connectivity index (χ4v) is 9.78. The number of hydrogen-bond donors (Lipinski definition) is 3. The van der Waals surface area contributed by atoms with E-state index in [1.54, 1.807) is 10.6 Å². The minimum atomic E-state index is -1.00. The topological polar surface area (TPSA) is 146 Å². The van der Waals surface area contributed by atoms with Crippen LogP contribution in [-0.2, 0) is 22.6 Å². The molecular formula is C44H45ClFN9O4. The molecule has 59 heavy (non-hydrogen) atoms. The average molecular weight is 818 g/mol. The average Bonchev–Trinajstić information content (AvgIpc) is 3.55. The Hall–Kier alpha value is -5.60. The Morgan fingerprint density at radius 2 is 1.86 bits per heavy atom. The number of benzene rings is 2. The van der Waals surface area contributed by atoms with Crippen LogP contribution in [0.5, 0.6) is 5.75 Å². The van der Waals surface area contributed by atoms with Gasteiger partial charge in [-0.15, -0.1) is 5.10 Å². The van der Waals surface area contributed by atoms with Crippen LogP contribution in [0.2, 0.25) is 5.02 Å². The van der Waals surface area contributed by atoms with Gasteiger partial charge in [-0.2, -0.15) is 0 Å². The first kappa shape index (κ1) is 37.7. The number of piperidine rings is 1. The normalized spacial score (nSPS) is 22.6. The first-order valence-corrected chi connectivity index (χ1v) is 20.9. The predicted molar refractivity (Wildman–Crippen MR) is 221 cm³/mol. The molecule has 13 nitrogen and oxygen atoms in total. The lowest BCUT2D eigenvalue weighted by Crippen LogP contribution is -2.57. The monoisotopic (exact) mass is 817 g/mol. The Morgan fingerprint density at radius 3 is 2.61 bits per heavy atom. The molecule has 0 radical (unpaired) electrons. The van der Waals surface area contributed by atoms with E-state index >= 15 is 0 Å². The highest BCUT2D eigenvalue weighted by molar-refractivity contribution is 6.31. The van der Waals surface area contributed by atoms with E-state index in [1.165, 1.54) is 17.3 Å². The van der Waals surface area contributed by atoms with Gasteiger partial charge >= 0.3 is 0 Å². The smallest absolute Gasteiger partial charge is 0.271 e. The first-order chi connectivity index (χ1) is 28.6. The highest BCUT2D eigenvalue weighted by atomic mass is 35.5. The lowest BCUT2D eigenvalue weighted by atomic mass is 9.68. The maximum Gasteiger partial charge on any atom is 0.271 e. The fourth-order valence-electron chi connectivity index (χ4n) is 9.53. The van der Waals surface area contributed by atoms with Crippen molar-refractivity contribution in [1.29, 1.82) is 0 Å². The molecule has 2 unspecified atom stereocenters. The summed E-state index contributed by atoms with van der Waals surface area (Å²) in [7, 11) is 1.81. The molecule has 3 amide bonds. The van der Waals surface area contributed by atoms with E-state index in [4.69, 9.17) is 26.4 Å². The molecule has 3 aliphatic heterocycles. The van der Waals surface area contributed by atoms with E-state index < -0.39 is 24.0 Å². The third-order valence-corrected chi connectivity index (χ3v) is 13.1. The second-order valence-electron chi connectivity index (χ2n) is 16.8. The Kier molecular flexibility index (Phi) is 9.51. The molecule has 6 heterocycles. The number of hydrogen-bond acceptors (Lipinski definition) is 10. The van der Waals surface area contributed by atoms with Gasteiger partial charge in [-0.1, -0.05) is 29.8 Å². The minimum Gasteiger partial charge on any atom is -0.490 e. The molecule has 2 saturated heterocycles. The van der Waals surface area contributed by atoms with Crippen LogP contribution in [0, 0.1) is 5.41 Å². The fraction of sp³-hybridized carbons (Fsp3) is 0.409. The van der Waals surface area contributed by atoms with E-state index in [0.717, 1.165) is 80.1 Å². The van der Waals surface area contributed by atoms with Crippen LogP contribution in [0.4, 0.5) is 21.6 Å². The third-order valence-electron chi connectivity index (χ3n) is 12.8. The summed E-state index contributed by atoms with van der Waals surface area (Å²) in [6.45, 7) is 3.69. The number of nitrogens with one attached hydrogen (secondary N) is 3. The standard InChI is InChI=1S/C44H45ClFN9O4/c1-47-36-19-39(52-55-38(21-49-41(36)55)43(58)50-35-18-33(35)46)54-16-13-29-28(3-2-4-37(29)54)34-9-5-25(20-48-34)22-53-23-44(24-53)14-11-26(12-15-44)59-27-6-8-32(45)31(17-27)30-7-10-40(56)51-42(30)57/h2-6,8-9,17,19-21,26,30,33,35,47H,7,10-16,18,22-24H2,1H3,(H,50,58)(H,51,56,57)/t30?,33-,35?/m0/s1. The van der Waals surface area contributed by atoms with E-state index in [9.17, 15) is 18.8 Å². The number of likely N-dealkylation sites (tertiary alicyclic amines) is 1. The Morgan fingerprint density at radius 1 is 1.03 bits per heavy atom. The predicted octanol–water partition coefficient (Wildman–Crippen LogP) is 6.36. The number of carbonyl (C=O) groups excluding carboxylic acids is 3. The molecule has 5 aromatic rings. The van der Waals surface area contributed by atoms with Crippen molar-refractivity contribution in [2.24, 2.45) is 5.41 Å². The molecule has 304 valence electrons. The summed E-state index contributed by atoms with van der Waals surface area (Å²) in [6.07, 6.45) is 8.66. The molecule has 15 heteroatoms. The summed E-state index contributed by atoms with van der Waals surface area (Å²) in [5.41, 5.74) is 8.00. The summed E-state index contributed by atoms with van der Waals surface area (Å²) >= 11 is 6.48. The molecule has 3 aromatic heterocycles. The summed E-state index contributed by atoms with van der Waals surface area (Å²) < 4.78 is 21.5. The number of alkyl halides is 1. The van der Waals surface area contributed by atoms with Gasteiger partial charge in [-0.05, 0) is 91.0 Å². The number of nitrogens with zero attached hydrogens (tertiary/aromatic N) is 6. The molecule has 10 rings (SSSR count). The minimum absolute atomic E-state index is 0.113. The van der Waals surface area contributed by atoms with Gasteiger partial charge in [0.1, 0.15) is 11.9 Å². The second-order valence-corrected chi connectivity index (χ2v) is 17.2. The van der Waals surface area contributed by atoms with Gasteiger partial charge in [-0.25, -0.2) is 13.9 Å². The van der Waals surface area contributed by atoms with E-state index in [0.29, 0.717) is 53.3 Å². The van der Waals surface area contributed by atoms with Crippen LogP contribution in [0.25, 0.3) is 16.9 Å². The Balaban J connectivity index is 0.759. The van der Waals surface area contributed by atoms with Crippen molar-refractivity contribution >= 4 is 52.2 Å². The zero-order valence-corrected chi connectivity index (χ0v) is 33.5. The third kappa shape index (κ3) is 7.15. The molecule has 3 N–H and O–H groups in total. The number of imidazole rings is 1. The van der Waals surface area contributed by atoms with Crippen LogP contribution in [0.1, 0.15) is 78.0 Å². The largest absolute Gasteiger partial charge is 0.490 e. The highest BCUT2D eigenvalue weighted by Gasteiger charge is 2.45. The molecule has 2 aromatic carbocycles. The summed E-state index contributed by atoms with van der Waals surface area (Å²) in [6, 6.07) is 17.6. The zero-order valence-electron chi connectivity index (χ0n) is 32.7. The van der Waals surface area contributed by atoms with Gasteiger partial charge < -0.3 is 20.3 Å². The number of anilines is 3. The number of aromatic nitrogens is 4. The van der Waals surface area contributed by atoms with Crippen molar-refractivity contribution in [1.82, 2.24) is 35.1 Å². The van der Waals surface area contributed by atoms with Gasteiger partial charge in [0.15, 0.2) is 17.2 Å². The van der Waals surface area contributed by atoms with Gasteiger partial charge in [0.2, 0.25) is 11.8 Å². The van der Waals surface area contributed by atoms with Gasteiger partial charge in [0, 0.05) is 74.6 Å². The van der Waals surface area contributed by atoms with Gasteiger partial charge in [-0.3, -0.25) is 29.6 Å². The zero-order chi connectivity index (χ0) is 40.4. The Labute approximate surface area is 345 Å². The van der Waals surface area contributed by atoms with Crippen molar-refractivity contribution in [3.05, 3.63) is 94.4 Å². The maximum atomic E-state index is 13.6. The highest BCUT2D eigenvalue weighted by Crippen LogP contribution is 2.46. The van der Waals surface area contributed by atoms with Crippen molar-refractivity contribution in [3.63, 3.8) is 0 Å². The molecule has 2 aliphatic carbocycles. The number of carbonyl (C=O) groups is 3. The molecule has 5 aliphatic rings.